The number of hydrogen-bond donors (Lipinski definition) is 2. The number of hydrogen-bond acceptors (Lipinski definition) is 3. The van der Waals surface area contributed by atoms with Crippen molar-refractivity contribution in [3.8, 4) is 0 Å². The van der Waals surface area contributed by atoms with Gasteiger partial charge in [-0.2, -0.15) is 0 Å². The molecule has 6 heteroatoms. The maximum atomic E-state index is 12.4. The summed E-state index contributed by atoms with van der Waals surface area (Å²) in [5.41, 5.74) is 0.963. The van der Waals surface area contributed by atoms with E-state index in [-0.39, 0.29) is 23.9 Å². The van der Waals surface area contributed by atoms with Gasteiger partial charge >= 0.3 is 6.03 Å². The molecule has 0 aliphatic carbocycles. The predicted molar refractivity (Wildman–Crippen MR) is 93.3 cm³/mol. The van der Waals surface area contributed by atoms with Crippen LogP contribution in [0.1, 0.15) is 45.1 Å². The topological polar surface area (TPSA) is 74.3 Å². The fourth-order valence-corrected chi connectivity index (χ4v) is 3.03. The van der Waals surface area contributed by atoms with Crippen molar-refractivity contribution in [2.24, 2.45) is 5.92 Å². The number of likely N-dealkylation sites (tertiary alicyclic amines) is 1. The summed E-state index contributed by atoms with van der Waals surface area (Å²) >= 11 is 0. The summed E-state index contributed by atoms with van der Waals surface area (Å²) in [6.07, 6.45) is 7.18. The summed E-state index contributed by atoms with van der Waals surface area (Å²) in [5, 5.41) is 5.97. The Labute approximate surface area is 144 Å². The van der Waals surface area contributed by atoms with Crippen LogP contribution in [0.5, 0.6) is 0 Å². The van der Waals surface area contributed by atoms with E-state index in [0.29, 0.717) is 19.6 Å². The minimum absolute atomic E-state index is 0.0701. The molecule has 24 heavy (non-hydrogen) atoms. The van der Waals surface area contributed by atoms with E-state index in [4.69, 9.17) is 0 Å². The lowest BCUT2D eigenvalue weighted by molar-refractivity contribution is -0.126. The molecule has 1 aromatic rings. The van der Waals surface area contributed by atoms with Gasteiger partial charge in [0, 0.05) is 38.1 Å². The van der Waals surface area contributed by atoms with Crippen LogP contribution in [-0.4, -0.2) is 41.0 Å². The van der Waals surface area contributed by atoms with Crippen LogP contribution in [0.2, 0.25) is 0 Å². The van der Waals surface area contributed by atoms with E-state index in [9.17, 15) is 9.59 Å². The Morgan fingerprint density at radius 1 is 1.46 bits per heavy atom. The van der Waals surface area contributed by atoms with Crippen molar-refractivity contribution >= 4 is 11.9 Å². The van der Waals surface area contributed by atoms with Crippen LogP contribution >= 0.6 is 0 Å². The predicted octanol–water partition coefficient (Wildman–Crippen LogP) is 2.31. The van der Waals surface area contributed by atoms with Crippen molar-refractivity contribution in [2.75, 3.05) is 13.1 Å². The van der Waals surface area contributed by atoms with E-state index in [1.165, 1.54) is 0 Å². The molecular formula is C18H28N4O2. The average Bonchev–Trinajstić information content (AvgIpc) is 2.61. The fraction of sp³-hybridized carbons (Fsp3) is 0.611. The highest BCUT2D eigenvalue weighted by Crippen LogP contribution is 2.17. The van der Waals surface area contributed by atoms with Crippen molar-refractivity contribution in [3.05, 3.63) is 30.1 Å². The first kappa shape index (κ1) is 18.2. The van der Waals surface area contributed by atoms with Gasteiger partial charge in [0.15, 0.2) is 0 Å². The molecule has 1 aromatic heterocycles. The molecule has 132 valence electrons. The van der Waals surface area contributed by atoms with Crippen molar-refractivity contribution < 1.29 is 9.59 Å². The quantitative estimate of drug-likeness (QED) is 0.839. The molecule has 0 saturated carbocycles. The van der Waals surface area contributed by atoms with Gasteiger partial charge in [-0.05, 0) is 37.8 Å². The normalized spacial score (nSPS) is 18.8. The van der Waals surface area contributed by atoms with E-state index in [1.807, 2.05) is 19.1 Å². The zero-order chi connectivity index (χ0) is 17.4. The van der Waals surface area contributed by atoms with Crippen molar-refractivity contribution in [1.82, 2.24) is 20.5 Å². The Bertz CT molecular complexity index is 535. The molecule has 0 radical (unpaired) electrons. The van der Waals surface area contributed by atoms with E-state index in [2.05, 4.69) is 22.5 Å². The largest absolute Gasteiger partial charge is 0.353 e. The number of piperidine rings is 1. The van der Waals surface area contributed by atoms with Gasteiger partial charge in [0.05, 0.1) is 5.92 Å². The van der Waals surface area contributed by atoms with E-state index in [1.54, 1.807) is 17.3 Å². The van der Waals surface area contributed by atoms with Crippen LogP contribution < -0.4 is 10.6 Å². The van der Waals surface area contributed by atoms with E-state index >= 15 is 0 Å². The SMILES string of the molecule is CCC[C@H](C)NC(=O)[C@@H]1CCCN(C(=O)NCc2cccnc2)C1. The number of amides is 3. The summed E-state index contributed by atoms with van der Waals surface area (Å²) in [7, 11) is 0. The number of carbonyl (C=O) groups is 2. The second kappa shape index (κ2) is 9.25. The molecule has 6 nitrogen and oxygen atoms in total. The number of urea groups is 1. The second-order valence-electron chi connectivity index (χ2n) is 6.50. The smallest absolute Gasteiger partial charge is 0.317 e. The molecule has 2 rings (SSSR count). The average molecular weight is 332 g/mol. The number of carbonyl (C=O) groups excluding carboxylic acids is 2. The maximum absolute atomic E-state index is 12.4. The Hall–Kier alpha value is -2.11. The first-order valence-corrected chi connectivity index (χ1v) is 8.82. The third-order valence-corrected chi connectivity index (χ3v) is 4.36. The van der Waals surface area contributed by atoms with Crippen molar-refractivity contribution in [1.29, 1.82) is 0 Å². The lowest BCUT2D eigenvalue weighted by Crippen LogP contribution is -2.49. The van der Waals surface area contributed by atoms with Gasteiger partial charge in [0.2, 0.25) is 5.91 Å². The van der Waals surface area contributed by atoms with Crippen LogP contribution in [0.3, 0.4) is 0 Å². The second-order valence-corrected chi connectivity index (χ2v) is 6.50. The minimum Gasteiger partial charge on any atom is -0.353 e. The van der Waals surface area contributed by atoms with Gasteiger partial charge in [-0.25, -0.2) is 4.79 Å². The van der Waals surface area contributed by atoms with Crippen LogP contribution in [0, 0.1) is 5.92 Å². The highest BCUT2D eigenvalue weighted by molar-refractivity contribution is 5.81. The molecule has 3 amide bonds. The molecule has 0 unspecified atom stereocenters. The molecule has 0 aromatic carbocycles. The first-order valence-electron chi connectivity index (χ1n) is 8.82. The lowest BCUT2D eigenvalue weighted by Gasteiger charge is -2.32. The molecule has 0 spiro atoms. The van der Waals surface area contributed by atoms with Crippen LogP contribution in [0.4, 0.5) is 4.79 Å². The monoisotopic (exact) mass is 332 g/mol. The summed E-state index contributed by atoms with van der Waals surface area (Å²) < 4.78 is 0. The summed E-state index contributed by atoms with van der Waals surface area (Å²) in [6.45, 7) is 5.78. The van der Waals surface area contributed by atoms with Crippen LogP contribution in [-0.2, 0) is 11.3 Å². The molecule has 1 aliphatic rings. The molecule has 2 atom stereocenters. The Morgan fingerprint density at radius 3 is 3.00 bits per heavy atom. The maximum Gasteiger partial charge on any atom is 0.317 e. The number of pyridine rings is 1. The number of rotatable bonds is 6. The molecule has 1 fully saturated rings. The number of aromatic nitrogens is 1. The van der Waals surface area contributed by atoms with Gasteiger partial charge in [-0.1, -0.05) is 19.4 Å². The van der Waals surface area contributed by atoms with Gasteiger partial charge in [-0.3, -0.25) is 9.78 Å². The van der Waals surface area contributed by atoms with Gasteiger partial charge in [0.25, 0.3) is 0 Å². The fourth-order valence-electron chi connectivity index (χ4n) is 3.03. The van der Waals surface area contributed by atoms with Gasteiger partial charge < -0.3 is 15.5 Å². The zero-order valence-electron chi connectivity index (χ0n) is 14.6. The number of nitrogens with one attached hydrogen (secondary N) is 2. The summed E-state index contributed by atoms with van der Waals surface area (Å²) in [5.74, 6) is -0.0390. The van der Waals surface area contributed by atoms with Crippen LogP contribution in [0.15, 0.2) is 24.5 Å². The number of nitrogens with zero attached hydrogens (tertiary/aromatic N) is 2. The molecular weight excluding hydrogens is 304 g/mol. The molecule has 1 aliphatic heterocycles. The molecule has 2 heterocycles. The van der Waals surface area contributed by atoms with Gasteiger partial charge in [0.1, 0.15) is 0 Å². The Morgan fingerprint density at radius 2 is 2.29 bits per heavy atom. The molecule has 1 saturated heterocycles. The lowest BCUT2D eigenvalue weighted by atomic mass is 9.97. The highest BCUT2D eigenvalue weighted by Gasteiger charge is 2.28. The van der Waals surface area contributed by atoms with Gasteiger partial charge in [-0.15, -0.1) is 0 Å². The van der Waals surface area contributed by atoms with E-state index in [0.717, 1.165) is 31.2 Å². The molecule has 2 N–H and O–H groups in total. The standard InChI is InChI=1S/C18H28N4O2/c1-3-6-14(2)21-17(23)16-8-5-10-22(13-16)18(24)20-12-15-7-4-9-19-11-15/h4,7,9,11,14,16H,3,5-6,8,10,12-13H2,1-2H3,(H,20,24)(H,21,23)/t14-,16+/m0/s1. The highest BCUT2D eigenvalue weighted by atomic mass is 16.2. The minimum atomic E-state index is -0.113. The van der Waals surface area contributed by atoms with E-state index < -0.39 is 0 Å². The van der Waals surface area contributed by atoms with Crippen molar-refractivity contribution in [3.63, 3.8) is 0 Å². The molecule has 0 bridgehead atoms. The van der Waals surface area contributed by atoms with Crippen LogP contribution in [0.25, 0.3) is 0 Å². The summed E-state index contributed by atoms with van der Waals surface area (Å²) in [6, 6.07) is 3.85. The van der Waals surface area contributed by atoms with Crippen molar-refractivity contribution in [2.45, 2.75) is 52.1 Å². The Balaban J connectivity index is 1.81. The summed E-state index contributed by atoms with van der Waals surface area (Å²) in [4.78, 5) is 30.5. The zero-order valence-corrected chi connectivity index (χ0v) is 14.6. The third-order valence-electron chi connectivity index (χ3n) is 4.36. The Kier molecular flexibility index (Phi) is 7.03. The first-order chi connectivity index (χ1) is 11.6. The third kappa shape index (κ3) is 5.51.